The van der Waals surface area contributed by atoms with E-state index in [0.717, 1.165) is 12.1 Å². The summed E-state index contributed by atoms with van der Waals surface area (Å²) in [5.74, 6) is 0. The molecule has 5 nitrogen and oxygen atoms in total. The van der Waals surface area contributed by atoms with Crippen LogP contribution >= 0.6 is 0 Å². The second kappa shape index (κ2) is 12.5. The third kappa shape index (κ3) is 8.84. The molecule has 206 valence electrons. The van der Waals surface area contributed by atoms with Crippen LogP contribution in [0.1, 0.15) is 62.8 Å². The summed E-state index contributed by atoms with van der Waals surface area (Å²) in [5.41, 5.74) is 2.20. The first-order chi connectivity index (χ1) is 17.2. The van der Waals surface area contributed by atoms with Crippen molar-refractivity contribution in [2.24, 2.45) is 5.73 Å². The summed E-state index contributed by atoms with van der Waals surface area (Å²) in [6.45, 7) is 5.85. The molecule has 1 amide bonds. The first kappa shape index (κ1) is 30.3. The fourth-order valence-electron chi connectivity index (χ4n) is 4.15. The maximum absolute atomic E-state index is 13.3. The quantitative estimate of drug-likeness (QED) is 0.228. The van der Waals surface area contributed by atoms with Crippen molar-refractivity contribution in [2.45, 2.75) is 64.0 Å². The van der Waals surface area contributed by atoms with Crippen LogP contribution in [0.3, 0.4) is 0 Å². The van der Waals surface area contributed by atoms with Crippen LogP contribution in [0, 0.1) is 0 Å². The van der Waals surface area contributed by atoms with Crippen molar-refractivity contribution < 1.29 is 40.6 Å². The number of hydrogen-bond donors (Lipinski definition) is 1. The van der Waals surface area contributed by atoms with E-state index in [0.29, 0.717) is 31.5 Å². The van der Waals surface area contributed by atoms with Crippen LogP contribution < -0.4 is 10.6 Å². The Kier molecular flexibility index (Phi) is 10.3. The van der Waals surface area contributed by atoms with Crippen LogP contribution in [0.5, 0.6) is 0 Å². The standard InChI is InChI=1S/C26H32F6N2O3/c1-4-11-24(3,34(12-8-13-36-23(33)35)22-9-6-5-7-10-22)17-37-18(2)19-14-20(25(27,28)29)16-21(15-19)26(30,31)32/h5-7,9-10,14-16,18H,4,8,11-13,17H2,1-3H3,(H2,33,35)/t18?,24-/m1/s1. The molecular formula is C26H32F6N2O3. The summed E-state index contributed by atoms with van der Waals surface area (Å²) in [6, 6.07) is 10.8. The number of nitrogens with two attached hydrogens (primary N) is 1. The van der Waals surface area contributed by atoms with Gasteiger partial charge < -0.3 is 20.1 Å². The number of carbonyl (C=O) groups excluding carboxylic acids is 1. The first-order valence-corrected chi connectivity index (χ1v) is 11.8. The van der Waals surface area contributed by atoms with Gasteiger partial charge in [0.05, 0.1) is 36.0 Å². The Bertz CT molecular complexity index is 981. The highest BCUT2D eigenvalue weighted by Gasteiger charge is 2.38. The van der Waals surface area contributed by atoms with Crippen LogP contribution in [0.15, 0.2) is 48.5 Å². The lowest BCUT2D eigenvalue weighted by molar-refractivity contribution is -0.143. The van der Waals surface area contributed by atoms with Crippen molar-refractivity contribution >= 4 is 11.8 Å². The fourth-order valence-corrected chi connectivity index (χ4v) is 4.15. The number of halogens is 6. The molecule has 0 radical (unpaired) electrons. The third-order valence-electron chi connectivity index (χ3n) is 6.00. The SMILES string of the molecule is CCC[C@](C)(COC(C)c1cc(C(F)(F)F)cc(C(F)(F)F)c1)N(CCCOC(N)=O)c1ccccc1. The Morgan fingerprint density at radius 2 is 1.57 bits per heavy atom. The number of carbonyl (C=O) groups is 1. The topological polar surface area (TPSA) is 64.8 Å². The Morgan fingerprint density at radius 3 is 2.05 bits per heavy atom. The molecule has 0 aliphatic heterocycles. The van der Waals surface area contributed by atoms with Crippen molar-refractivity contribution in [1.82, 2.24) is 0 Å². The number of rotatable bonds is 12. The van der Waals surface area contributed by atoms with Crippen LogP contribution in [0.2, 0.25) is 0 Å². The lowest BCUT2D eigenvalue weighted by atomic mass is 9.93. The largest absolute Gasteiger partial charge is 0.450 e. The van der Waals surface area contributed by atoms with Gasteiger partial charge in [-0.3, -0.25) is 0 Å². The molecule has 0 aromatic heterocycles. The van der Waals surface area contributed by atoms with Gasteiger partial charge in [-0.25, -0.2) is 4.79 Å². The van der Waals surface area contributed by atoms with E-state index < -0.39 is 41.2 Å². The molecule has 2 N–H and O–H groups in total. The number of alkyl halides is 6. The molecule has 0 aliphatic rings. The van der Waals surface area contributed by atoms with Gasteiger partial charge in [-0.2, -0.15) is 26.3 Å². The van der Waals surface area contributed by atoms with Gasteiger partial charge in [0.2, 0.25) is 0 Å². The molecule has 11 heteroatoms. The minimum Gasteiger partial charge on any atom is -0.450 e. The van der Waals surface area contributed by atoms with Gasteiger partial charge in [0.25, 0.3) is 0 Å². The molecule has 2 aromatic rings. The van der Waals surface area contributed by atoms with E-state index in [-0.39, 0.29) is 24.8 Å². The molecule has 1 unspecified atom stereocenters. The van der Waals surface area contributed by atoms with Gasteiger partial charge in [0.15, 0.2) is 0 Å². The molecule has 0 bridgehead atoms. The van der Waals surface area contributed by atoms with Crippen molar-refractivity contribution in [1.29, 1.82) is 0 Å². The zero-order valence-corrected chi connectivity index (χ0v) is 21.0. The van der Waals surface area contributed by atoms with Crippen molar-refractivity contribution in [3.05, 3.63) is 65.2 Å². The molecule has 2 aromatic carbocycles. The normalized spacial score (nSPS) is 14.6. The van der Waals surface area contributed by atoms with E-state index in [9.17, 15) is 31.1 Å². The summed E-state index contributed by atoms with van der Waals surface area (Å²) < 4.78 is 90.6. The minimum absolute atomic E-state index is 0.0190. The van der Waals surface area contributed by atoms with Crippen molar-refractivity contribution in [3.8, 4) is 0 Å². The average molecular weight is 535 g/mol. The summed E-state index contributed by atoms with van der Waals surface area (Å²) in [7, 11) is 0. The van der Waals surface area contributed by atoms with Gasteiger partial charge in [-0.15, -0.1) is 0 Å². The molecule has 2 atom stereocenters. The maximum Gasteiger partial charge on any atom is 0.416 e. The number of para-hydroxylation sites is 1. The predicted octanol–water partition coefficient (Wildman–Crippen LogP) is 7.35. The van der Waals surface area contributed by atoms with Gasteiger partial charge in [-0.05, 0) is 62.6 Å². The Hall–Kier alpha value is -2.95. The van der Waals surface area contributed by atoms with Crippen LogP contribution in [0.25, 0.3) is 0 Å². The van der Waals surface area contributed by atoms with Gasteiger partial charge in [0.1, 0.15) is 0 Å². The summed E-state index contributed by atoms with van der Waals surface area (Å²) >= 11 is 0. The van der Waals surface area contributed by atoms with E-state index in [1.165, 1.54) is 6.92 Å². The van der Waals surface area contributed by atoms with E-state index in [2.05, 4.69) is 0 Å². The molecule has 0 saturated heterocycles. The third-order valence-corrected chi connectivity index (χ3v) is 6.00. The zero-order valence-electron chi connectivity index (χ0n) is 21.0. The van der Waals surface area contributed by atoms with E-state index in [4.69, 9.17) is 15.2 Å². The van der Waals surface area contributed by atoms with Crippen molar-refractivity contribution in [3.63, 3.8) is 0 Å². The first-order valence-electron chi connectivity index (χ1n) is 11.8. The number of primary amides is 1. The number of ether oxygens (including phenoxy) is 2. The highest BCUT2D eigenvalue weighted by molar-refractivity contribution is 5.64. The lowest BCUT2D eigenvalue weighted by Gasteiger charge is -2.43. The van der Waals surface area contributed by atoms with Gasteiger partial charge in [0, 0.05) is 12.2 Å². The summed E-state index contributed by atoms with van der Waals surface area (Å²) in [6.07, 6.45) is -10.0. The Labute approximate surface area is 212 Å². The molecule has 0 saturated carbocycles. The van der Waals surface area contributed by atoms with Gasteiger partial charge >= 0.3 is 18.4 Å². The number of benzene rings is 2. The van der Waals surface area contributed by atoms with Crippen LogP contribution in [-0.2, 0) is 21.8 Å². The monoisotopic (exact) mass is 534 g/mol. The van der Waals surface area contributed by atoms with Crippen LogP contribution in [-0.4, -0.2) is 31.4 Å². The highest BCUT2D eigenvalue weighted by Crippen LogP contribution is 2.38. The molecule has 0 heterocycles. The molecule has 2 rings (SSSR count). The number of nitrogens with zero attached hydrogens (tertiary/aromatic N) is 1. The average Bonchev–Trinajstić information content (AvgIpc) is 2.81. The van der Waals surface area contributed by atoms with E-state index in [1.54, 1.807) is 0 Å². The van der Waals surface area contributed by atoms with Crippen molar-refractivity contribution in [2.75, 3.05) is 24.7 Å². The number of anilines is 1. The van der Waals surface area contributed by atoms with E-state index >= 15 is 0 Å². The number of amides is 1. The zero-order chi connectivity index (χ0) is 27.9. The Balaban J connectivity index is 2.33. The molecule has 37 heavy (non-hydrogen) atoms. The maximum atomic E-state index is 13.3. The number of hydrogen-bond acceptors (Lipinski definition) is 4. The highest BCUT2D eigenvalue weighted by atomic mass is 19.4. The van der Waals surface area contributed by atoms with Gasteiger partial charge in [-0.1, -0.05) is 31.5 Å². The molecule has 0 spiro atoms. The molecule has 0 fully saturated rings. The second-order valence-corrected chi connectivity index (χ2v) is 9.05. The fraction of sp³-hybridized carbons (Fsp3) is 0.500. The molecule has 0 aliphatic carbocycles. The molecular weight excluding hydrogens is 502 g/mol. The summed E-state index contributed by atoms with van der Waals surface area (Å²) in [5, 5.41) is 0. The smallest absolute Gasteiger partial charge is 0.416 e. The summed E-state index contributed by atoms with van der Waals surface area (Å²) in [4.78, 5) is 13.0. The lowest BCUT2D eigenvalue weighted by Crippen LogP contribution is -2.51. The van der Waals surface area contributed by atoms with Crippen LogP contribution in [0.4, 0.5) is 36.8 Å². The van der Waals surface area contributed by atoms with E-state index in [1.807, 2.05) is 49.1 Å². The predicted molar refractivity (Wildman–Crippen MR) is 128 cm³/mol. The second-order valence-electron chi connectivity index (χ2n) is 9.05. The minimum atomic E-state index is -4.94. The Morgan fingerprint density at radius 1 is 1.00 bits per heavy atom.